The third kappa shape index (κ3) is 13.9. The molecule has 0 saturated heterocycles. The van der Waals surface area contributed by atoms with E-state index in [9.17, 15) is 4.21 Å². The van der Waals surface area contributed by atoms with E-state index in [0.717, 1.165) is 24.4 Å². The highest BCUT2D eigenvalue weighted by Gasteiger charge is 2.13. The minimum atomic E-state index is -1.79. The standard InChI is InChI=1S/C19H39N5O6S/c1-3-5-23(7-16-31(25)26)17-19-18(2)24(22-21-19)6-9-28-11-13-30-15-14-29-12-10-27-8-4-20/h3-17,20H2,1-2H3,(H,25,26). The van der Waals surface area contributed by atoms with E-state index in [2.05, 4.69) is 22.1 Å². The molecule has 0 saturated carbocycles. The van der Waals surface area contributed by atoms with Gasteiger partial charge in [-0.05, 0) is 19.9 Å². The van der Waals surface area contributed by atoms with Gasteiger partial charge in [-0.15, -0.1) is 5.10 Å². The van der Waals surface area contributed by atoms with Gasteiger partial charge in [0.05, 0.1) is 76.5 Å². The minimum absolute atomic E-state index is 0.235. The topological polar surface area (TPSA) is 134 Å². The summed E-state index contributed by atoms with van der Waals surface area (Å²) >= 11 is -1.79. The minimum Gasteiger partial charge on any atom is -0.378 e. The fraction of sp³-hybridized carbons (Fsp3) is 0.895. The van der Waals surface area contributed by atoms with Crippen LogP contribution in [0.3, 0.4) is 0 Å². The Morgan fingerprint density at radius 1 is 1.00 bits per heavy atom. The molecule has 0 spiro atoms. The zero-order valence-electron chi connectivity index (χ0n) is 18.9. The van der Waals surface area contributed by atoms with Crippen LogP contribution in [0.15, 0.2) is 0 Å². The Kier molecular flexibility index (Phi) is 16.8. The third-order valence-corrected chi connectivity index (χ3v) is 4.93. The van der Waals surface area contributed by atoms with Gasteiger partial charge in [0.2, 0.25) is 0 Å². The van der Waals surface area contributed by atoms with E-state index in [1.807, 2.05) is 11.6 Å². The molecule has 1 rings (SSSR count). The van der Waals surface area contributed by atoms with Crippen LogP contribution in [0.1, 0.15) is 24.7 Å². The van der Waals surface area contributed by atoms with Crippen molar-refractivity contribution in [3.05, 3.63) is 11.4 Å². The van der Waals surface area contributed by atoms with Gasteiger partial charge in [0.25, 0.3) is 0 Å². The lowest BCUT2D eigenvalue weighted by Gasteiger charge is -2.19. The number of rotatable bonds is 21. The molecule has 1 unspecified atom stereocenters. The lowest BCUT2D eigenvalue weighted by molar-refractivity contribution is -0.00204. The van der Waals surface area contributed by atoms with Crippen molar-refractivity contribution in [2.75, 3.05) is 78.2 Å². The Morgan fingerprint density at radius 2 is 1.58 bits per heavy atom. The van der Waals surface area contributed by atoms with E-state index in [1.165, 1.54) is 0 Å². The van der Waals surface area contributed by atoms with E-state index in [1.54, 1.807) is 0 Å². The highest BCUT2D eigenvalue weighted by molar-refractivity contribution is 7.79. The quantitative estimate of drug-likeness (QED) is 0.189. The van der Waals surface area contributed by atoms with Gasteiger partial charge in [0.15, 0.2) is 11.1 Å². The second-order valence-electron chi connectivity index (χ2n) is 6.88. The van der Waals surface area contributed by atoms with Crippen LogP contribution in [0.5, 0.6) is 0 Å². The molecule has 182 valence electrons. The van der Waals surface area contributed by atoms with Gasteiger partial charge in [-0.3, -0.25) is 4.90 Å². The Bertz CT molecular complexity index is 592. The molecular weight excluding hydrogens is 426 g/mol. The molecule has 11 nitrogen and oxygen atoms in total. The van der Waals surface area contributed by atoms with E-state index >= 15 is 0 Å². The lowest BCUT2D eigenvalue weighted by atomic mass is 10.3. The molecule has 1 aromatic rings. The number of ether oxygens (including phenoxy) is 4. The first-order chi connectivity index (χ1) is 15.1. The molecule has 12 heteroatoms. The van der Waals surface area contributed by atoms with Crippen molar-refractivity contribution in [3.63, 3.8) is 0 Å². The molecule has 0 aliphatic carbocycles. The molecule has 0 radical (unpaired) electrons. The van der Waals surface area contributed by atoms with Crippen LogP contribution >= 0.6 is 0 Å². The summed E-state index contributed by atoms with van der Waals surface area (Å²) in [6, 6.07) is 0. The Hall–Kier alpha value is -0.990. The maximum Gasteiger partial charge on any atom is 0.154 e. The molecule has 3 N–H and O–H groups in total. The number of hydrogen-bond donors (Lipinski definition) is 2. The fourth-order valence-electron chi connectivity index (χ4n) is 2.76. The molecule has 1 aromatic heterocycles. The number of nitrogens with two attached hydrogens (primary N) is 1. The van der Waals surface area contributed by atoms with E-state index < -0.39 is 11.1 Å². The summed E-state index contributed by atoms with van der Waals surface area (Å²) in [6.45, 7) is 11.4. The summed E-state index contributed by atoms with van der Waals surface area (Å²) in [5.74, 6) is 0.235. The summed E-state index contributed by atoms with van der Waals surface area (Å²) < 4.78 is 43.4. The van der Waals surface area contributed by atoms with Gasteiger partial charge in [-0.1, -0.05) is 12.1 Å². The fourth-order valence-corrected chi connectivity index (χ4v) is 3.17. The summed E-state index contributed by atoms with van der Waals surface area (Å²) in [7, 11) is 0. The van der Waals surface area contributed by atoms with Crippen LogP contribution in [0, 0.1) is 6.92 Å². The average molecular weight is 466 g/mol. The van der Waals surface area contributed by atoms with Gasteiger partial charge in [-0.2, -0.15) is 0 Å². The lowest BCUT2D eigenvalue weighted by Crippen LogP contribution is -2.29. The first-order valence-electron chi connectivity index (χ1n) is 10.8. The van der Waals surface area contributed by atoms with E-state index in [0.29, 0.717) is 79.0 Å². The summed E-state index contributed by atoms with van der Waals surface area (Å²) in [6.07, 6.45) is 0.969. The summed E-state index contributed by atoms with van der Waals surface area (Å²) in [4.78, 5) is 2.13. The highest BCUT2D eigenvalue weighted by atomic mass is 32.2. The second kappa shape index (κ2) is 18.6. The van der Waals surface area contributed by atoms with Crippen LogP contribution < -0.4 is 5.73 Å². The van der Waals surface area contributed by atoms with Crippen molar-refractivity contribution >= 4 is 11.1 Å². The van der Waals surface area contributed by atoms with Crippen molar-refractivity contribution in [1.82, 2.24) is 19.9 Å². The third-order valence-electron chi connectivity index (χ3n) is 4.40. The SMILES string of the molecule is CCCN(CCS(=O)O)Cc1nnn(CCOCCOCCOCCOCCN)c1C. The molecule has 0 aliphatic rings. The van der Waals surface area contributed by atoms with Gasteiger partial charge >= 0.3 is 0 Å². The smallest absolute Gasteiger partial charge is 0.154 e. The molecule has 0 bridgehead atoms. The molecule has 0 aliphatic heterocycles. The van der Waals surface area contributed by atoms with Crippen LogP contribution in [0.2, 0.25) is 0 Å². The summed E-state index contributed by atoms with van der Waals surface area (Å²) in [5, 5.41) is 8.47. The van der Waals surface area contributed by atoms with Crippen LogP contribution in [0.4, 0.5) is 0 Å². The molecule has 0 fully saturated rings. The van der Waals surface area contributed by atoms with Crippen LogP contribution in [-0.2, 0) is 43.1 Å². The average Bonchev–Trinajstić information content (AvgIpc) is 3.09. The maximum absolute atomic E-state index is 10.9. The van der Waals surface area contributed by atoms with Gasteiger partial charge < -0.3 is 29.2 Å². The predicted molar refractivity (Wildman–Crippen MR) is 118 cm³/mol. The zero-order chi connectivity index (χ0) is 22.7. The van der Waals surface area contributed by atoms with Crippen molar-refractivity contribution in [1.29, 1.82) is 0 Å². The van der Waals surface area contributed by atoms with Gasteiger partial charge in [0.1, 0.15) is 0 Å². The second-order valence-corrected chi connectivity index (χ2v) is 7.94. The Morgan fingerprint density at radius 3 is 2.13 bits per heavy atom. The molecule has 0 amide bonds. The van der Waals surface area contributed by atoms with Crippen molar-refractivity contribution in [2.24, 2.45) is 5.73 Å². The van der Waals surface area contributed by atoms with Crippen molar-refractivity contribution in [3.8, 4) is 0 Å². The van der Waals surface area contributed by atoms with Crippen molar-refractivity contribution < 1.29 is 27.7 Å². The number of nitrogens with zero attached hydrogens (tertiary/aromatic N) is 4. The first-order valence-corrected chi connectivity index (χ1v) is 12.1. The Balaban J connectivity index is 2.13. The van der Waals surface area contributed by atoms with Crippen LogP contribution in [-0.4, -0.2) is 107 Å². The van der Waals surface area contributed by atoms with Gasteiger partial charge in [0, 0.05) is 19.6 Å². The summed E-state index contributed by atoms with van der Waals surface area (Å²) in [5.41, 5.74) is 7.19. The molecular formula is C19H39N5O6S. The van der Waals surface area contributed by atoms with E-state index in [4.69, 9.17) is 29.2 Å². The molecule has 31 heavy (non-hydrogen) atoms. The largest absolute Gasteiger partial charge is 0.378 e. The van der Waals surface area contributed by atoms with Crippen LogP contribution in [0.25, 0.3) is 0 Å². The number of hydrogen-bond acceptors (Lipinski definition) is 9. The normalized spacial score (nSPS) is 12.7. The Labute approximate surface area is 187 Å². The number of aromatic nitrogens is 3. The molecule has 1 atom stereocenters. The van der Waals surface area contributed by atoms with Gasteiger partial charge in [-0.25, -0.2) is 8.89 Å². The monoisotopic (exact) mass is 465 g/mol. The predicted octanol–water partition coefficient (Wildman–Crippen LogP) is 0.0453. The molecule has 1 heterocycles. The molecule has 0 aromatic carbocycles. The van der Waals surface area contributed by atoms with Crippen molar-refractivity contribution in [2.45, 2.75) is 33.4 Å². The zero-order valence-corrected chi connectivity index (χ0v) is 19.7. The first kappa shape index (κ1) is 28.0. The van der Waals surface area contributed by atoms with E-state index in [-0.39, 0.29) is 5.75 Å². The highest BCUT2D eigenvalue weighted by Crippen LogP contribution is 2.08. The maximum atomic E-state index is 10.9.